The summed E-state index contributed by atoms with van der Waals surface area (Å²) in [6.45, 7) is 6.07. The van der Waals surface area contributed by atoms with Crippen LogP contribution in [0.3, 0.4) is 0 Å². The van der Waals surface area contributed by atoms with Crippen LogP contribution in [0.1, 0.15) is 53.9 Å². The number of aromatic nitrogens is 2. The number of nitrogens with zero attached hydrogens (tertiary/aromatic N) is 1. The molecule has 9 nitrogen and oxygen atoms in total. The van der Waals surface area contributed by atoms with Crippen LogP contribution in [0.4, 0.5) is 0 Å². The highest BCUT2D eigenvalue weighted by molar-refractivity contribution is 7.20. The van der Waals surface area contributed by atoms with Crippen molar-refractivity contribution in [3.8, 4) is 0 Å². The summed E-state index contributed by atoms with van der Waals surface area (Å²) in [7, 11) is 0. The molecule has 3 amide bonds. The van der Waals surface area contributed by atoms with Crippen LogP contribution >= 0.6 is 11.3 Å². The second kappa shape index (κ2) is 10.6. The minimum atomic E-state index is -0.971. The number of Topliss-reactive ketones (excluding diaryl/α,β-unsaturated/α-hetero) is 1. The molecule has 202 valence electrons. The van der Waals surface area contributed by atoms with Gasteiger partial charge in [-0.25, -0.2) is 4.98 Å². The van der Waals surface area contributed by atoms with E-state index in [9.17, 15) is 19.2 Å². The van der Waals surface area contributed by atoms with Gasteiger partial charge in [0, 0.05) is 23.4 Å². The van der Waals surface area contributed by atoms with E-state index in [2.05, 4.69) is 25.9 Å². The molecule has 0 unspecified atom stereocenters. The first-order valence-corrected chi connectivity index (χ1v) is 13.8. The average Bonchev–Trinajstić information content (AvgIpc) is 3.63. The Morgan fingerprint density at radius 1 is 1.08 bits per heavy atom. The van der Waals surface area contributed by atoms with E-state index in [1.165, 1.54) is 11.3 Å². The monoisotopic (exact) mass is 545 g/mol. The number of benzene rings is 2. The summed E-state index contributed by atoms with van der Waals surface area (Å²) in [6.07, 6.45) is 0.733. The van der Waals surface area contributed by atoms with Gasteiger partial charge in [-0.3, -0.25) is 19.2 Å². The van der Waals surface area contributed by atoms with Gasteiger partial charge >= 0.3 is 0 Å². The first-order valence-electron chi connectivity index (χ1n) is 13.0. The van der Waals surface area contributed by atoms with Crippen molar-refractivity contribution < 1.29 is 19.2 Å². The number of hydrogen-bond acceptors (Lipinski definition) is 6. The van der Waals surface area contributed by atoms with Crippen molar-refractivity contribution in [3.05, 3.63) is 65.3 Å². The number of H-pyrrole nitrogens is 1. The van der Waals surface area contributed by atoms with Crippen LogP contribution in [0, 0.1) is 11.3 Å². The molecule has 2 aromatic carbocycles. The summed E-state index contributed by atoms with van der Waals surface area (Å²) in [4.78, 5) is 60.5. The van der Waals surface area contributed by atoms with Crippen LogP contribution in [-0.2, 0) is 9.59 Å². The summed E-state index contributed by atoms with van der Waals surface area (Å²) in [6, 6.07) is 14.8. The number of amides is 3. The van der Waals surface area contributed by atoms with E-state index in [1.807, 2.05) is 69.3 Å². The van der Waals surface area contributed by atoms with Crippen LogP contribution in [0.15, 0.2) is 54.6 Å². The predicted octanol–water partition coefficient (Wildman–Crippen LogP) is 3.82. The number of ketones is 1. The molecular weight excluding hydrogens is 514 g/mol. The van der Waals surface area contributed by atoms with Crippen LogP contribution in [0.2, 0.25) is 0 Å². The van der Waals surface area contributed by atoms with Gasteiger partial charge in [0.25, 0.3) is 5.91 Å². The van der Waals surface area contributed by atoms with Crippen LogP contribution in [0.25, 0.3) is 21.1 Å². The summed E-state index contributed by atoms with van der Waals surface area (Å²) in [5.41, 5.74) is 1.19. The number of hydrogen-bond donors (Lipinski definition) is 4. The van der Waals surface area contributed by atoms with Crippen molar-refractivity contribution in [2.45, 2.75) is 45.7 Å². The molecule has 0 spiro atoms. The molecule has 4 N–H and O–H groups in total. The topological polar surface area (TPSA) is 133 Å². The molecule has 3 atom stereocenters. The fourth-order valence-electron chi connectivity index (χ4n) is 4.85. The highest BCUT2D eigenvalue weighted by Gasteiger charge is 2.38. The van der Waals surface area contributed by atoms with Crippen molar-refractivity contribution in [1.82, 2.24) is 25.9 Å². The molecule has 0 radical (unpaired) electrons. The number of para-hydroxylation sites is 2. The molecule has 2 aromatic heterocycles. The van der Waals surface area contributed by atoms with E-state index in [4.69, 9.17) is 0 Å². The predicted molar refractivity (Wildman–Crippen MR) is 151 cm³/mol. The number of fused-ring (bicyclic) bond motifs is 2. The molecule has 1 aliphatic rings. The molecule has 1 fully saturated rings. The molecule has 1 aliphatic heterocycles. The summed E-state index contributed by atoms with van der Waals surface area (Å²) < 4.78 is 0.864. The van der Waals surface area contributed by atoms with E-state index in [-0.39, 0.29) is 23.1 Å². The molecule has 5 rings (SSSR count). The maximum absolute atomic E-state index is 13.7. The zero-order valence-electron chi connectivity index (χ0n) is 22.0. The van der Waals surface area contributed by atoms with Crippen molar-refractivity contribution >= 4 is 56.0 Å². The van der Waals surface area contributed by atoms with Crippen LogP contribution in [0.5, 0.6) is 0 Å². The average molecular weight is 546 g/mol. The summed E-state index contributed by atoms with van der Waals surface area (Å²) >= 11 is 1.26. The van der Waals surface area contributed by atoms with E-state index < -0.39 is 35.2 Å². The number of aromatic amines is 1. The third-order valence-corrected chi connectivity index (χ3v) is 8.05. The normalized spacial score (nSPS) is 17.1. The third kappa shape index (κ3) is 5.70. The van der Waals surface area contributed by atoms with Gasteiger partial charge in [0.15, 0.2) is 5.01 Å². The first kappa shape index (κ1) is 26.6. The minimum absolute atomic E-state index is 0.133. The van der Waals surface area contributed by atoms with E-state index >= 15 is 0 Å². The fraction of sp³-hybridized carbons (Fsp3) is 0.345. The van der Waals surface area contributed by atoms with Gasteiger partial charge in [-0.15, -0.1) is 11.3 Å². The Balaban J connectivity index is 1.39. The lowest BCUT2D eigenvalue weighted by Crippen LogP contribution is -2.57. The van der Waals surface area contributed by atoms with Crippen LogP contribution in [-0.4, -0.2) is 52.1 Å². The molecular formula is C29H31N5O4S. The number of rotatable bonds is 8. The molecule has 3 heterocycles. The highest BCUT2D eigenvalue weighted by Crippen LogP contribution is 2.26. The zero-order valence-corrected chi connectivity index (χ0v) is 22.9. The van der Waals surface area contributed by atoms with Gasteiger partial charge in [0.2, 0.25) is 17.6 Å². The van der Waals surface area contributed by atoms with Gasteiger partial charge in [-0.2, -0.15) is 0 Å². The molecule has 0 aliphatic carbocycles. The number of carbonyl (C=O) groups excluding carboxylic acids is 4. The van der Waals surface area contributed by atoms with Crippen LogP contribution < -0.4 is 16.0 Å². The molecule has 39 heavy (non-hydrogen) atoms. The largest absolute Gasteiger partial charge is 0.356 e. The summed E-state index contributed by atoms with van der Waals surface area (Å²) in [5.74, 6) is -1.80. The lowest BCUT2D eigenvalue weighted by Gasteiger charge is -2.32. The second-order valence-electron chi connectivity index (χ2n) is 11.0. The van der Waals surface area contributed by atoms with Gasteiger partial charge < -0.3 is 20.9 Å². The molecule has 10 heteroatoms. The molecule has 0 bridgehead atoms. The standard InChI is InChI=1S/C29H31N5O4S/c1-29(2,3)24(34-26(37)21-14-16-8-4-5-9-18(16)31-21)27(38)32-20(15-17-12-13-30-25(17)36)23(35)28-33-19-10-6-7-11-22(19)39-28/h4-11,14,17,20,24,31H,12-13,15H2,1-3H3,(H,30,36)(H,32,38)(H,34,37)/t17-,20-,24+/m0/s1. The van der Waals surface area contributed by atoms with Crippen molar-refractivity contribution in [2.24, 2.45) is 11.3 Å². The van der Waals surface area contributed by atoms with Gasteiger partial charge in [0.05, 0.1) is 16.3 Å². The van der Waals surface area contributed by atoms with Crippen molar-refractivity contribution in [2.75, 3.05) is 6.54 Å². The maximum Gasteiger partial charge on any atom is 0.268 e. The lowest BCUT2D eigenvalue weighted by atomic mass is 9.85. The maximum atomic E-state index is 13.7. The first-order chi connectivity index (χ1) is 18.6. The molecule has 1 saturated heterocycles. The quantitative estimate of drug-likeness (QED) is 0.250. The number of carbonyl (C=O) groups is 4. The highest BCUT2D eigenvalue weighted by atomic mass is 32.1. The Bertz CT molecular complexity index is 1500. The Labute approximate surface area is 229 Å². The Hall–Kier alpha value is -4.05. The van der Waals surface area contributed by atoms with Gasteiger partial charge in [0.1, 0.15) is 11.7 Å². The Kier molecular flexibility index (Phi) is 7.22. The van der Waals surface area contributed by atoms with E-state index in [1.54, 1.807) is 6.07 Å². The molecule has 4 aromatic rings. The SMILES string of the molecule is CC(C)(C)[C@H](NC(=O)c1cc2ccccc2[nH]1)C(=O)N[C@@H](C[C@@H]1CCNC1=O)C(=O)c1nc2ccccc2s1. The number of thiazole rings is 1. The van der Waals surface area contributed by atoms with Gasteiger partial charge in [-0.1, -0.05) is 51.1 Å². The summed E-state index contributed by atoms with van der Waals surface area (Å²) in [5, 5.41) is 9.68. The van der Waals surface area contributed by atoms with Crippen molar-refractivity contribution in [1.29, 1.82) is 0 Å². The second-order valence-corrected chi connectivity index (χ2v) is 12.0. The number of nitrogens with one attached hydrogen (secondary N) is 4. The lowest BCUT2D eigenvalue weighted by molar-refractivity contribution is -0.127. The Morgan fingerprint density at radius 2 is 1.82 bits per heavy atom. The van der Waals surface area contributed by atoms with E-state index in [0.29, 0.717) is 24.2 Å². The van der Waals surface area contributed by atoms with Gasteiger partial charge in [-0.05, 0) is 42.5 Å². The third-order valence-electron chi connectivity index (χ3n) is 7.00. The van der Waals surface area contributed by atoms with Crippen molar-refractivity contribution in [3.63, 3.8) is 0 Å². The minimum Gasteiger partial charge on any atom is -0.356 e. The fourth-order valence-corrected chi connectivity index (χ4v) is 5.81. The van der Waals surface area contributed by atoms with E-state index in [0.717, 1.165) is 15.6 Å². The Morgan fingerprint density at radius 3 is 2.51 bits per heavy atom. The smallest absolute Gasteiger partial charge is 0.268 e. The molecule has 0 saturated carbocycles. The zero-order chi connectivity index (χ0) is 27.7.